The van der Waals surface area contributed by atoms with Gasteiger partial charge in [-0.3, -0.25) is 4.79 Å². The van der Waals surface area contributed by atoms with Gasteiger partial charge < -0.3 is 10.1 Å². The van der Waals surface area contributed by atoms with Gasteiger partial charge in [-0.2, -0.15) is 0 Å². The molecule has 0 saturated carbocycles. The Hall–Kier alpha value is -3.22. The third-order valence-electron chi connectivity index (χ3n) is 3.92. The number of hydrogen-bond acceptors (Lipinski definition) is 4. The number of pyridine rings is 1. The van der Waals surface area contributed by atoms with Crippen LogP contribution in [0.25, 0.3) is 11.6 Å². The van der Waals surface area contributed by atoms with Crippen molar-refractivity contribution in [3.63, 3.8) is 0 Å². The van der Waals surface area contributed by atoms with Crippen molar-refractivity contribution in [3.05, 3.63) is 94.0 Å². The molecule has 0 bridgehead atoms. The Balaban J connectivity index is 1.76. The van der Waals surface area contributed by atoms with Crippen molar-refractivity contribution >= 4 is 52.4 Å². The zero-order valence-corrected chi connectivity index (χ0v) is 17.0. The summed E-state index contributed by atoms with van der Waals surface area (Å²) in [6, 6.07) is 15.3. The highest BCUT2D eigenvalue weighted by Gasteiger charge is 2.16. The molecule has 1 N–H and O–H groups in total. The molecule has 0 spiro atoms. The molecule has 0 fully saturated rings. The van der Waals surface area contributed by atoms with Crippen LogP contribution in [-0.2, 0) is 14.3 Å². The first-order valence-electron chi connectivity index (χ1n) is 8.73. The fourth-order valence-corrected chi connectivity index (χ4v) is 2.78. The molecule has 0 unspecified atom stereocenters. The average Bonchev–Trinajstić information content (AvgIpc) is 2.74. The largest absolute Gasteiger partial charge is 0.452 e. The third kappa shape index (κ3) is 5.89. The Kier molecular flexibility index (Phi) is 7.17. The van der Waals surface area contributed by atoms with Crippen molar-refractivity contribution in [2.24, 2.45) is 0 Å². The maximum absolute atomic E-state index is 13.3. The molecule has 0 atom stereocenters. The summed E-state index contributed by atoms with van der Waals surface area (Å²) in [6.45, 7) is -0.538. The first-order valence-corrected chi connectivity index (χ1v) is 9.48. The predicted octanol–water partition coefficient (Wildman–Crippen LogP) is 5.25. The molecular weight excluding hydrogens is 430 g/mol. The number of carbonyl (C=O) groups is 2. The predicted molar refractivity (Wildman–Crippen MR) is 115 cm³/mol. The minimum absolute atomic E-state index is 0.117. The molecule has 0 aliphatic rings. The number of ether oxygens (including phenoxy) is 1. The molecule has 0 aliphatic carbocycles. The normalized spacial score (nSPS) is 11.1. The van der Waals surface area contributed by atoms with Crippen molar-refractivity contribution in [2.75, 3.05) is 11.9 Å². The molecule has 30 heavy (non-hydrogen) atoms. The van der Waals surface area contributed by atoms with Crippen molar-refractivity contribution in [1.82, 2.24) is 4.98 Å². The highest BCUT2D eigenvalue weighted by molar-refractivity contribution is 6.32. The molecule has 152 valence electrons. The van der Waals surface area contributed by atoms with Crippen molar-refractivity contribution in [1.29, 1.82) is 0 Å². The number of hydrogen-bond donors (Lipinski definition) is 1. The second kappa shape index (κ2) is 10.0. The Morgan fingerprint density at radius 2 is 1.73 bits per heavy atom. The topological polar surface area (TPSA) is 68.3 Å². The van der Waals surface area contributed by atoms with E-state index in [0.717, 1.165) is 0 Å². The molecule has 2 aromatic carbocycles. The summed E-state index contributed by atoms with van der Waals surface area (Å²) in [6.07, 6.45) is 3.05. The Bertz CT molecular complexity index is 1080. The maximum Gasteiger partial charge on any atom is 0.339 e. The van der Waals surface area contributed by atoms with Crippen LogP contribution >= 0.6 is 23.2 Å². The molecule has 8 heteroatoms. The van der Waals surface area contributed by atoms with Crippen LogP contribution in [0.2, 0.25) is 10.2 Å². The molecule has 1 heterocycles. The van der Waals surface area contributed by atoms with Crippen LogP contribution in [0, 0.1) is 5.82 Å². The van der Waals surface area contributed by atoms with E-state index in [4.69, 9.17) is 27.9 Å². The summed E-state index contributed by atoms with van der Waals surface area (Å²) in [7, 11) is 0. The van der Waals surface area contributed by atoms with Gasteiger partial charge in [0, 0.05) is 11.2 Å². The summed E-state index contributed by atoms with van der Waals surface area (Å²) in [5, 5.41) is 3.18. The van der Waals surface area contributed by atoms with Gasteiger partial charge >= 0.3 is 5.97 Å². The lowest BCUT2D eigenvalue weighted by Gasteiger charge is -2.10. The molecule has 1 aromatic heterocycles. The van der Waals surface area contributed by atoms with Gasteiger partial charge in [-0.15, -0.1) is 0 Å². The highest BCUT2D eigenvalue weighted by atomic mass is 35.5. The molecule has 0 aliphatic heterocycles. The molecule has 3 rings (SSSR count). The van der Waals surface area contributed by atoms with E-state index in [0.29, 0.717) is 21.8 Å². The van der Waals surface area contributed by atoms with E-state index < -0.39 is 24.3 Å². The van der Waals surface area contributed by atoms with Crippen LogP contribution in [0.15, 0.2) is 66.9 Å². The quantitative estimate of drug-likeness (QED) is 0.244. The molecular formula is C22H15Cl2FN2O3. The second-order valence-electron chi connectivity index (χ2n) is 6.08. The number of aromatic nitrogens is 1. The number of benzene rings is 2. The molecule has 0 saturated heterocycles. The van der Waals surface area contributed by atoms with Crippen LogP contribution < -0.4 is 5.32 Å². The molecule has 3 aromatic rings. The van der Waals surface area contributed by atoms with Gasteiger partial charge in [0.1, 0.15) is 5.82 Å². The lowest BCUT2D eigenvalue weighted by atomic mass is 10.0. The number of esters is 1. The van der Waals surface area contributed by atoms with Crippen LogP contribution in [0.1, 0.15) is 11.1 Å². The first kappa shape index (κ1) is 21.5. The van der Waals surface area contributed by atoms with Crippen molar-refractivity contribution < 1.29 is 18.7 Å². The van der Waals surface area contributed by atoms with E-state index in [-0.39, 0.29) is 10.7 Å². The standard InChI is InChI=1S/C22H15Cl2FN2O3/c23-16-7-3-14(4-8-16)12-18(15-5-9-17(25)10-6-15)22(29)30-13-20(28)27-19-2-1-11-26-21(19)24/h1-12H,13H2,(H,27,28). The van der Waals surface area contributed by atoms with Gasteiger partial charge in [0.05, 0.1) is 11.3 Å². The fraction of sp³-hybridized carbons (Fsp3) is 0.0455. The monoisotopic (exact) mass is 444 g/mol. The van der Waals surface area contributed by atoms with Crippen LogP contribution in [0.5, 0.6) is 0 Å². The van der Waals surface area contributed by atoms with E-state index in [1.165, 1.54) is 30.5 Å². The van der Waals surface area contributed by atoms with Crippen LogP contribution in [0.4, 0.5) is 10.1 Å². The van der Waals surface area contributed by atoms with Gasteiger partial charge in [-0.25, -0.2) is 14.2 Å². The third-order valence-corrected chi connectivity index (χ3v) is 4.48. The first-order chi connectivity index (χ1) is 14.4. The van der Waals surface area contributed by atoms with Gasteiger partial charge in [0.15, 0.2) is 11.8 Å². The maximum atomic E-state index is 13.3. The summed E-state index contributed by atoms with van der Waals surface area (Å²) in [5.41, 5.74) is 1.58. The Morgan fingerprint density at radius 1 is 1.03 bits per heavy atom. The number of nitrogens with zero attached hydrogens (tertiary/aromatic N) is 1. The molecule has 1 amide bonds. The Morgan fingerprint density at radius 3 is 2.40 bits per heavy atom. The summed E-state index contributed by atoms with van der Waals surface area (Å²) in [5.74, 6) is -1.77. The number of carbonyl (C=O) groups excluding carboxylic acids is 2. The summed E-state index contributed by atoms with van der Waals surface area (Å²) >= 11 is 11.8. The van der Waals surface area contributed by atoms with Crippen molar-refractivity contribution in [3.8, 4) is 0 Å². The Labute approximate surface area is 182 Å². The second-order valence-corrected chi connectivity index (χ2v) is 6.88. The zero-order valence-electron chi connectivity index (χ0n) is 15.4. The van der Waals surface area contributed by atoms with Gasteiger partial charge in [0.2, 0.25) is 0 Å². The minimum atomic E-state index is -0.746. The highest BCUT2D eigenvalue weighted by Crippen LogP contribution is 2.22. The van der Waals surface area contributed by atoms with Gasteiger partial charge in [-0.1, -0.05) is 47.5 Å². The number of halogens is 3. The number of amides is 1. The smallest absolute Gasteiger partial charge is 0.339 e. The summed E-state index contributed by atoms with van der Waals surface area (Å²) in [4.78, 5) is 28.7. The van der Waals surface area contributed by atoms with Crippen molar-refractivity contribution in [2.45, 2.75) is 0 Å². The van der Waals surface area contributed by atoms with E-state index in [1.807, 2.05) is 0 Å². The average molecular weight is 445 g/mol. The number of anilines is 1. The van der Waals surface area contributed by atoms with E-state index in [2.05, 4.69) is 10.3 Å². The van der Waals surface area contributed by atoms with Crippen LogP contribution in [0.3, 0.4) is 0 Å². The molecule has 0 radical (unpaired) electrons. The van der Waals surface area contributed by atoms with E-state index in [1.54, 1.807) is 42.5 Å². The SMILES string of the molecule is O=C(COC(=O)C(=Cc1ccc(Cl)cc1)c1ccc(F)cc1)Nc1cccnc1Cl. The fourth-order valence-electron chi connectivity index (χ4n) is 2.49. The van der Waals surface area contributed by atoms with E-state index >= 15 is 0 Å². The summed E-state index contributed by atoms with van der Waals surface area (Å²) < 4.78 is 18.5. The number of nitrogens with one attached hydrogen (secondary N) is 1. The zero-order chi connectivity index (χ0) is 21.5. The van der Waals surface area contributed by atoms with E-state index in [9.17, 15) is 14.0 Å². The lowest BCUT2D eigenvalue weighted by molar-refractivity contribution is -0.141. The number of rotatable bonds is 6. The molecule has 5 nitrogen and oxygen atoms in total. The minimum Gasteiger partial charge on any atom is -0.452 e. The van der Waals surface area contributed by atoms with Gasteiger partial charge in [-0.05, 0) is 53.6 Å². The van der Waals surface area contributed by atoms with Gasteiger partial charge in [0.25, 0.3) is 5.91 Å². The van der Waals surface area contributed by atoms with Crippen LogP contribution in [-0.4, -0.2) is 23.5 Å². The lowest BCUT2D eigenvalue weighted by Crippen LogP contribution is -2.21.